The molecule has 0 saturated carbocycles. The third-order valence-electron chi connectivity index (χ3n) is 16.6. The average Bonchev–Trinajstić information content (AvgIpc) is 2.75. The summed E-state index contributed by atoms with van der Waals surface area (Å²) in [5.74, 6) is 0. The lowest BCUT2D eigenvalue weighted by atomic mass is 9.85. The minimum absolute atomic E-state index is 0.0930. The highest BCUT2D eigenvalue weighted by molar-refractivity contribution is 6.12. The number of hydrogen-bond donors (Lipinski definition) is 0. The van der Waals surface area contributed by atoms with E-state index in [4.69, 9.17) is 0 Å². The van der Waals surface area contributed by atoms with Crippen LogP contribution in [0.2, 0.25) is 0 Å². The van der Waals surface area contributed by atoms with Crippen LogP contribution < -0.4 is 0 Å². The van der Waals surface area contributed by atoms with Crippen LogP contribution in [0.15, 0.2) is 315 Å². The predicted octanol–water partition coefficient (Wildman–Crippen LogP) is 22.8. The van der Waals surface area contributed by atoms with Crippen molar-refractivity contribution in [3.05, 3.63) is 321 Å². The van der Waals surface area contributed by atoms with Crippen LogP contribution in [0.25, 0.3) is 139 Å². The van der Waals surface area contributed by atoms with Crippen molar-refractivity contribution in [3.8, 4) is 117 Å². The van der Waals surface area contributed by atoms with Crippen molar-refractivity contribution in [2.24, 2.45) is 0 Å². The summed E-state index contributed by atoms with van der Waals surface area (Å²) in [6.07, 6.45) is 0. The van der Waals surface area contributed by atoms with Crippen molar-refractivity contribution in [1.82, 2.24) is 4.57 Å². The summed E-state index contributed by atoms with van der Waals surface area (Å²) >= 11 is 0. The Balaban J connectivity index is 0.942. The van der Waals surface area contributed by atoms with E-state index in [2.05, 4.69) is 341 Å². The molecule has 0 spiro atoms. The van der Waals surface area contributed by atoms with Gasteiger partial charge in [-0.05, 0) is 189 Å². The molecule has 13 aromatic carbocycles. The number of fused-ring (bicyclic) bond motifs is 3. The predicted molar refractivity (Wildman–Crippen MR) is 354 cm³/mol. The van der Waals surface area contributed by atoms with Crippen LogP contribution in [0.1, 0.15) is 26.3 Å². The highest BCUT2D eigenvalue weighted by atomic mass is 15.0. The van der Waals surface area contributed by atoms with Crippen LogP contribution >= 0.6 is 0 Å². The number of nitrogens with zero attached hydrogens (tertiary/aromatic N) is 1. The van der Waals surface area contributed by atoms with Gasteiger partial charge in [0.1, 0.15) is 0 Å². The van der Waals surface area contributed by atoms with Gasteiger partial charge in [-0.3, -0.25) is 0 Å². The van der Waals surface area contributed by atoms with E-state index in [9.17, 15) is 0 Å². The van der Waals surface area contributed by atoms with Gasteiger partial charge >= 0.3 is 0 Å². The molecule has 0 fully saturated rings. The van der Waals surface area contributed by atoms with E-state index >= 15 is 0 Å². The van der Waals surface area contributed by atoms with Crippen molar-refractivity contribution < 1.29 is 0 Å². The first kappa shape index (κ1) is 50.9. The van der Waals surface area contributed by atoms with E-state index in [0.29, 0.717) is 0 Å². The zero-order valence-electron chi connectivity index (χ0n) is 47.0. The number of aromatic nitrogens is 1. The van der Waals surface area contributed by atoms with E-state index in [1.165, 1.54) is 133 Å². The minimum atomic E-state index is -0.0930. The minimum Gasteiger partial charge on any atom is -0.309 e. The molecule has 0 amide bonds. The molecule has 1 aromatic heterocycles. The fraction of sp³-hybridized carbons (Fsp3) is 0.0488. The second-order valence-electron chi connectivity index (χ2n) is 22.9. The molecule has 1 heteroatoms. The largest absolute Gasteiger partial charge is 0.309 e. The summed E-state index contributed by atoms with van der Waals surface area (Å²) < 4.78 is 2.51. The normalized spacial score (nSPS) is 11.6. The van der Waals surface area contributed by atoms with Crippen LogP contribution in [0.3, 0.4) is 0 Å². The Hall–Kier alpha value is -10.3. The Morgan fingerprint density at radius 3 is 0.687 bits per heavy atom. The maximum atomic E-state index is 2.51. The summed E-state index contributed by atoms with van der Waals surface area (Å²) in [6.45, 7) is 6.96. The number of hydrogen-bond acceptors (Lipinski definition) is 0. The molecule has 14 aromatic rings. The fourth-order valence-corrected chi connectivity index (χ4v) is 12.1. The van der Waals surface area contributed by atoms with E-state index in [1.807, 2.05) is 0 Å². The second kappa shape index (κ2) is 21.6. The van der Waals surface area contributed by atoms with Crippen LogP contribution in [0, 0.1) is 0 Å². The smallest absolute Gasteiger partial charge is 0.0541 e. The molecule has 83 heavy (non-hydrogen) atoms. The molecule has 0 saturated heterocycles. The summed E-state index contributed by atoms with van der Waals surface area (Å²) in [5.41, 5.74) is 28.5. The van der Waals surface area contributed by atoms with Crippen molar-refractivity contribution in [3.63, 3.8) is 0 Å². The van der Waals surface area contributed by atoms with Crippen LogP contribution in [0.4, 0.5) is 0 Å². The van der Waals surface area contributed by atoms with Crippen molar-refractivity contribution in [1.29, 1.82) is 0 Å². The molecule has 0 aliphatic heterocycles. The first-order chi connectivity index (χ1) is 40.7. The maximum Gasteiger partial charge on any atom is 0.0541 e. The Bertz CT molecular complexity index is 4130. The molecule has 0 bridgehead atoms. The fourth-order valence-electron chi connectivity index (χ4n) is 12.1. The SMILES string of the molecule is CC(C)(C)c1ccccc1-n1c2ccc(-c3cc(-c4ccc(-c5ccccc5)cc4)cc(-c4ccc(-c5ccccc5)cc4)c3)cc2c2cc(-c3cc(-c4ccc(-c5ccccc5)cc4)cc(-c4ccc(-c5ccccc5)cc4)c3)ccc21. The maximum absolute atomic E-state index is 2.51. The quantitative estimate of drug-likeness (QED) is 0.122. The summed E-state index contributed by atoms with van der Waals surface area (Å²) in [6, 6.07) is 116. The summed E-state index contributed by atoms with van der Waals surface area (Å²) in [7, 11) is 0. The molecule has 0 aliphatic rings. The topological polar surface area (TPSA) is 4.93 Å². The number of para-hydroxylation sites is 1. The molecule has 14 rings (SSSR count). The van der Waals surface area contributed by atoms with Crippen LogP contribution in [0.5, 0.6) is 0 Å². The van der Waals surface area contributed by atoms with E-state index in [1.54, 1.807) is 0 Å². The number of rotatable bonds is 11. The van der Waals surface area contributed by atoms with Gasteiger partial charge in [0.05, 0.1) is 11.0 Å². The lowest BCUT2D eigenvalue weighted by Crippen LogP contribution is -2.15. The van der Waals surface area contributed by atoms with Crippen molar-refractivity contribution in [2.75, 3.05) is 0 Å². The van der Waals surface area contributed by atoms with E-state index < -0.39 is 0 Å². The van der Waals surface area contributed by atoms with Gasteiger partial charge in [-0.25, -0.2) is 0 Å². The molecular formula is C82H61N. The number of benzene rings is 13. The molecule has 0 atom stereocenters. The Kier molecular flexibility index (Phi) is 13.2. The van der Waals surface area contributed by atoms with E-state index in [0.717, 1.165) is 11.1 Å². The van der Waals surface area contributed by atoms with Gasteiger partial charge in [0, 0.05) is 16.5 Å². The highest BCUT2D eigenvalue weighted by Gasteiger charge is 2.23. The Labute approximate surface area is 487 Å². The molecule has 394 valence electrons. The summed E-state index contributed by atoms with van der Waals surface area (Å²) in [5, 5.41) is 2.41. The van der Waals surface area contributed by atoms with Gasteiger partial charge in [0.15, 0.2) is 0 Å². The van der Waals surface area contributed by atoms with Gasteiger partial charge < -0.3 is 4.57 Å². The van der Waals surface area contributed by atoms with Gasteiger partial charge in [0.2, 0.25) is 0 Å². The Morgan fingerprint density at radius 1 is 0.193 bits per heavy atom. The van der Waals surface area contributed by atoms with Crippen LogP contribution in [-0.4, -0.2) is 4.57 Å². The first-order valence-corrected chi connectivity index (χ1v) is 28.9. The molecule has 0 aliphatic carbocycles. The lowest BCUT2D eigenvalue weighted by molar-refractivity contribution is 0.587. The van der Waals surface area contributed by atoms with Gasteiger partial charge in [-0.15, -0.1) is 0 Å². The molecule has 0 unspecified atom stereocenters. The molecule has 0 N–H and O–H groups in total. The standard InChI is InChI=1S/C82H61N/c1-82(2,3)78-26-16-17-27-81(78)83-79-46-44-68(74-50-70(64-36-28-60(29-37-64)56-18-8-4-9-19-56)48-71(51-74)65-38-30-61(31-39-65)57-20-10-5-11-21-57)54-76(79)77-55-69(45-47-80(77)83)75-52-72(66-40-32-62(33-41-66)58-22-12-6-13-23-58)49-73(53-75)67-42-34-63(35-43-67)59-24-14-7-15-25-59/h4-55H,1-3H3. The van der Waals surface area contributed by atoms with Gasteiger partial charge in [-0.1, -0.05) is 269 Å². The third kappa shape index (κ3) is 10.2. The van der Waals surface area contributed by atoms with Crippen molar-refractivity contribution >= 4 is 21.8 Å². The van der Waals surface area contributed by atoms with Gasteiger partial charge in [-0.2, -0.15) is 0 Å². The van der Waals surface area contributed by atoms with Gasteiger partial charge in [0.25, 0.3) is 0 Å². The molecular weight excluding hydrogens is 999 g/mol. The monoisotopic (exact) mass is 1060 g/mol. The Morgan fingerprint density at radius 2 is 0.410 bits per heavy atom. The van der Waals surface area contributed by atoms with E-state index in [-0.39, 0.29) is 5.41 Å². The third-order valence-corrected chi connectivity index (χ3v) is 16.6. The summed E-state index contributed by atoms with van der Waals surface area (Å²) in [4.78, 5) is 0. The molecule has 1 heterocycles. The second-order valence-corrected chi connectivity index (χ2v) is 22.9. The average molecular weight is 1060 g/mol. The first-order valence-electron chi connectivity index (χ1n) is 28.9. The van der Waals surface area contributed by atoms with Crippen molar-refractivity contribution in [2.45, 2.75) is 26.2 Å². The molecule has 0 radical (unpaired) electrons. The molecule has 1 nitrogen and oxygen atoms in total. The highest BCUT2D eigenvalue weighted by Crippen LogP contribution is 2.43. The zero-order chi connectivity index (χ0) is 55.9. The van der Waals surface area contributed by atoms with Crippen LogP contribution in [-0.2, 0) is 5.41 Å². The lowest BCUT2D eigenvalue weighted by Gasteiger charge is -2.24. The zero-order valence-corrected chi connectivity index (χ0v) is 47.0.